The molecule has 0 saturated carbocycles. The summed E-state index contributed by atoms with van der Waals surface area (Å²) in [5.74, 6) is 3.65. The van der Waals surface area contributed by atoms with Gasteiger partial charge in [-0.2, -0.15) is 4.98 Å². The molecule has 37 heavy (non-hydrogen) atoms. The summed E-state index contributed by atoms with van der Waals surface area (Å²) >= 11 is 0. The molecule has 4 heterocycles. The van der Waals surface area contributed by atoms with Crippen LogP contribution in [0.5, 0.6) is 11.5 Å². The molecule has 0 radical (unpaired) electrons. The fraction of sp³-hybridized carbons (Fsp3) is 0.259. The molecule has 3 N–H and O–H groups in total. The van der Waals surface area contributed by atoms with Gasteiger partial charge in [0.05, 0.1) is 31.2 Å². The van der Waals surface area contributed by atoms with E-state index < -0.39 is 0 Å². The van der Waals surface area contributed by atoms with Gasteiger partial charge in [-0.05, 0) is 50.0 Å². The molecule has 0 unspecified atom stereocenters. The second-order valence-corrected chi connectivity index (χ2v) is 9.39. The highest BCUT2D eigenvalue weighted by Gasteiger charge is 2.21. The smallest absolute Gasteiger partial charge is 0.200 e. The topological polar surface area (TPSA) is 118 Å². The van der Waals surface area contributed by atoms with Gasteiger partial charge >= 0.3 is 0 Å². The summed E-state index contributed by atoms with van der Waals surface area (Å²) in [6.07, 6.45) is 1.82. The highest BCUT2D eigenvalue weighted by Crippen LogP contribution is 2.34. The molecule has 10 nitrogen and oxygen atoms in total. The van der Waals surface area contributed by atoms with Crippen molar-refractivity contribution in [3.05, 3.63) is 60.0 Å². The maximum Gasteiger partial charge on any atom is 0.200 e. The Hall–Kier alpha value is -4.44. The molecule has 1 aliphatic rings. The van der Waals surface area contributed by atoms with Gasteiger partial charge < -0.3 is 30.0 Å². The zero-order valence-corrected chi connectivity index (χ0v) is 21.0. The second kappa shape index (κ2) is 9.21. The first kappa shape index (κ1) is 23.0. The van der Waals surface area contributed by atoms with Gasteiger partial charge in [0, 0.05) is 35.3 Å². The number of nitrogens with one attached hydrogen (secondary N) is 1. The Morgan fingerprint density at radius 3 is 2.81 bits per heavy atom. The number of hydrogen-bond acceptors (Lipinski definition) is 9. The van der Waals surface area contributed by atoms with Crippen molar-refractivity contribution in [3.8, 4) is 22.6 Å². The average molecular weight is 497 g/mol. The first-order valence-corrected chi connectivity index (χ1v) is 12.1. The number of rotatable bonds is 5. The summed E-state index contributed by atoms with van der Waals surface area (Å²) in [5.41, 5.74) is 11.2. The molecule has 2 aromatic carbocycles. The van der Waals surface area contributed by atoms with Gasteiger partial charge in [-0.25, -0.2) is 15.0 Å². The Labute approximate surface area is 214 Å². The molecule has 3 aromatic heterocycles. The fourth-order valence-corrected chi connectivity index (χ4v) is 4.69. The van der Waals surface area contributed by atoms with E-state index >= 15 is 0 Å². The van der Waals surface area contributed by atoms with Crippen LogP contribution in [0.15, 0.2) is 48.7 Å². The van der Waals surface area contributed by atoms with Crippen LogP contribution in [0.2, 0.25) is 0 Å². The Morgan fingerprint density at radius 1 is 1.08 bits per heavy atom. The van der Waals surface area contributed by atoms with Crippen LogP contribution in [0.4, 0.5) is 11.8 Å². The molecular weight excluding hydrogens is 468 g/mol. The number of ether oxygens (including phenoxy) is 2. The Balaban J connectivity index is 1.40. The van der Waals surface area contributed by atoms with Crippen molar-refractivity contribution in [2.24, 2.45) is 0 Å². The van der Waals surface area contributed by atoms with E-state index in [1.807, 2.05) is 50.6 Å². The summed E-state index contributed by atoms with van der Waals surface area (Å²) in [6, 6.07) is 14.2. The number of aromatic amines is 1. The van der Waals surface area contributed by atoms with Gasteiger partial charge in [-0.3, -0.25) is 0 Å². The summed E-state index contributed by atoms with van der Waals surface area (Å²) in [6.45, 7) is 2.54. The zero-order chi connectivity index (χ0) is 25.5. The molecule has 10 heteroatoms. The molecular formula is C27H28N8O2. The molecule has 188 valence electrons. The van der Waals surface area contributed by atoms with Crippen LogP contribution < -0.4 is 20.1 Å². The van der Waals surface area contributed by atoms with Gasteiger partial charge in [-0.15, -0.1) is 0 Å². The van der Waals surface area contributed by atoms with E-state index in [4.69, 9.17) is 25.2 Å². The van der Waals surface area contributed by atoms with Crippen LogP contribution in [-0.2, 0) is 13.1 Å². The SMILES string of the molecule is COc1ccc2c(N3CCOc4ccc(-c5cnc6nc(N)[nH]c6c5)cc4C3)nc(CN(C)C)nc2c1. The van der Waals surface area contributed by atoms with Crippen molar-refractivity contribution < 1.29 is 9.47 Å². The third kappa shape index (κ3) is 4.47. The van der Waals surface area contributed by atoms with Crippen LogP contribution in [0.3, 0.4) is 0 Å². The van der Waals surface area contributed by atoms with Crippen LogP contribution in [0.1, 0.15) is 11.4 Å². The second-order valence-electron chi connectivity index (χ2n) is 9.39. The van der Waals surface area contributed by atoms with Crippen molar-refractivity contribution in [1.82, 2.24) is 29.8 Å². The number of methoxy groups -OCH3 is 1. The largest absolute Gasteiger partial charge is 0.497 e. The minimum atomic E-state index is 0.356. The number of aromatic nitrogens is 5. The average Bonchev–Trinajstić information content (AvgIpc) is 3.13. The molecule has 0 fully saturated rings. The number of nitrogen functional groups attached to an aromatic ring is 1. The van der Waals surface area contributed by atoms with E-state index in [0.717, 1.165) is 56.3 Å². The number of imidazole rings is 1. The highest BCUT2D eigenvalue weighted by atomic mass is 16.5. The summed E-state index contributed by atoms with van der Waals surface area (Å²) in [4.78, 5) is 25.9. The Kier molecular flexibility index (Phi) is 5.72. The third-order valence-corrected chi connectivity index (χ3v) is 6.42. The van der Waals surface area contributed by atoms with E-state index in [0.29, 0.717) is 37.8 Å². The van der Waals surface area contributed by atoms with E-state index in [1.165, 1.54) is 0 Å². The molecule has 6 rings (SSSR count). The lowest BCUT2D eigenvalue weighted by molar-refractivity contribution is 0.331. The lowest BCUT2D eigenvalue weighted by Crippen LogP contribution is -2.27. The van der Waals surface area contributed by atoms with E-state index in [1.54, 1.807) is 7.11 Å². The zero-order valence-electron chi connectivity index (χ0n) is 21.0. The third-order valence-electron chi connectivity index (χ3n) is 6.42. The quantitative estimate of drug-likeness (QED) is 0.376. The van der Waals surface area contributed by atoms with Crippen molar-refractivity contribution in [2.75, 3.05) is 45.0 Å². The predicted octanol–water partition coefficient (Wildman–Crippen LogP) is 3.62. The van der Waals surface area contributed by atoms with Gasteiger partial charge in [0.15, 0.2) is 11.6 Å². The molecule has 0 spiro atoms. The van der Waals surface area contributed by atoms with Crippen LogP contribution >= 0.6 is 0 Å². The van der Waals surface area contributed by atoms with Crippen molar-refractivity contribution in [1.29, 1.82) is 0 Å². The number of fused-ring (bicyclic) bond motifs is 3. The summed E-state index contributed by atoms with van der Waals surface area (Å²) < 4.78 is 11.6. The first-order chi connectivity index (χ1) is 18.0. The number of H-pyrrole nitrogens is 1. The molecule has 0 saturated heterocycles. The number of benzene rings is 2. The van der Waals surface area contributed by atoms with Crippen LogP contribution in [-0.4, -0.2) is 64.2 Å². The fourth-order valence-electron chi connectivity index (χ4n) is 4.69. The van der Waals surface area contributed by atoms with Crippen molar-refractivity contribution >= 4 is 33.8 Å². The molecule has 1 aliphatic heterocycles. The monoisotopic (exact) mass is 496 g/mol. The minimum absolute atomic E-state index is 0.356. The van der Waals surface area contributed by atoms with E-state index in [-0.39, 0.29) is 0 Å². The normalized spacial score (nSPS) is 13.6. The van der Waals surface area contributed by atoms with Crippen LogP contribution in [0.25, 0.3) is 33.2 Å². The van der Waals surface area contributed by atoms with Crippen molar-refractivity contribution in [2.45, 2.75) is 13.1 Å². The van der Waals surface area contributed by atoms with Crippen LogP contribution in [0, 0.1) is 0 Å². The molecule has 0 atom stereocenters. The van der Waals surface area contributed by atoms with Crippen molar-refractivity contribution in [3.63, 3.8) is 0 Å². The van der Waals surface area contributed by atoms with Gasteiger partial charge in [0.1, 0.15) is 29.7 Å². The highest BCUT2D eigenvalue weighted by molar-refractivity contribution is 5.90. The molecule has 0 aliphatic carbocycles. The summed E-state index contributed by atoms with van der Waals surface area (Å²) in [5, 5.41) is 0.981. The first-order valence-electron chi connectivity index (χ1n) is 12.1. The number of pyridine rings is 1. The van der Waals surface area contributed by atoms with Gasteiger partial charge in [-0.1, -0.05) is 6.07 Å². The number of nitrogens with two attached hydrogens (primary N) is 1. The van der Waals surface area contributed by atoms with E-state index in [2.05, 4.69) is 36.9 Å². The minimum Gasteiger partial charge on any atom is -0.497 e. The predicted molar refractivity (Wildman–Crippen MR) is 144 cm³/mol. The molecule has 0 bridgehead atoms. The maximum atomic E-state index is 6.15. The summed E-state index contributed by atoms with van der Waals surface area (Å²) in [7, 11) is 5.69. The van der Waals surface area contributed by atoms with Gasteiger partial charge in [0.25, 0.3) is 0 Å². The number of hydrogen-bond donors (Lipinski definition) is 2. The van der Waals surface area contributed by atoms with E-state index in [9.17, 15) is 0 Å². The number of anilines is 2. The Morgan fingerprint density at radius 2 is 1.97 bits per heavy atom. The Bertz CT molecular complexity index is 1610. The van der Waals surface area contributed by atoms with Gasteiger partial charge in [0.2, 0.25) is 0 Å². The molecule has 0 amide bonds. The molecule has 5 aromatic rings. The number of nitrogens with zero attached hydrogens (tertiary/aromatic N) is 6. The lowest BCUT2D eigenvalue weighted by atomic mass is 10.0. The standard InChI is InChI=1S/C27H28N8O2/c1-34(2)15-24-30-21-12-19(36-3)5-6-20(21)26(32-24)35-8-9-37-23-7-4-16(10-18(23)14-35)17-11-22-25(29-13-17)33-27(28)31-22/h4-7,10-13H,8-9,14-15H2,1-3H3,(H3,28,29,31,33). The maximum absolute atomic E-state index is 6.15. The lowest BCUT2D eigenvalue weighted by Gasteiger charge is -2.24.